The number of ether oxygens (including phenoxy) is 1. The highest BCUT2D eigenvalue weighted by molar-refractivity contribution is 5.00. The van der Waals surface area contributed by atoms with E-state index in [0.29, 0.717) is 12.5 Å². The SMILES string of the molecule is COC(c1noc(CC2(CN)CCC2)n1)C1CCCCC1. The predicted molar refractivity (Wildman–Crippen MR) is 79.7 cm³/mol. The molecule has 1 heterocycles. The summed E-state index contributed by atoms with van der Waals surface area (Å²) in [6.07, 6.45) is 10.7. The Kier molecular flexibility index (Phi) is 4.60. The van der Waals surface area contributed by atoms with Crippen LogP contribution in [0.1, 0.15) is 69.2 Å². The fourth-order valence-electron chi connectivity index (χ4n) is 3.85. The molecule has 0 radical (unpaired) electrons. The summed E-state index contributed by atoms with van der Waals surface area (Å²) in [6.45, 7) is 0.709. The molecule has 0 aliphatic heterocycles. The van der Waals surface area contributed by atoms with E-state index in [0.717, 1.165) is 18.1 Å². The summed E-state index contributed by atoms with van der Waals surface area (Å²) in [7, 11) is 1.75. The van der Waals surface area contributed by atoms with E-state index in [4.69, 9.17) is 15.0 Å². The summed E-state index contributed by atoms with van der Waals surface area (Å²) in [5.74, 6) is 1.99. The molecule has 0 spiro atoms. The van der Waals surface area contributed by atoms with Crippen molar-refractivity contribution in [2.45, 2.75) is 63.9 Å². The molecule has 3 rings (SSSR count). The number of hydrogen-bond acceptors (Lipinski definition) is 5. The van der Waals surface area contributed by atoms with Crippen molar-refractivity contribution in [3.05, 3.63) is 11.7 Å². The molecule has 0 bridgehead atoms. The van der Waals surface area contributed by atoms with Gasteiger partial charge in [0.15, 0.2) is 0 Å². The minimum absolute atomic E-state index is 0.0157. The van der Waals surface area contributed by atoms with Gasteiger partial charge in [-0.3, -0.25) is 0 Å². The minimum atomic E-state index is -0.0157. The fourth-order valence-corrected chi connectivity index (χ4v) is 3.85. The number of methoxy groups -OCH3 is 1. The van der Waals surface area contributed by atoms with Crippen molar-refractivity contribution in [1.29, 1.82) is 0 Å². The smallest absolute Gasteiger partial charge is 0.227 e. The van der Waals surface area contributed by atoms with E-state index < -0.39 is 0 Å². The van der Waals surface area contributed by atoms with Crippen LogP contribution in [0, 0.1) is 11.3 Å². The van der Waals surface area contributed by atoms with Crippen LogP contribution in [-0.4, -0.2) is 23.8 Å². The van der Waals surface area contributed by atoms with Crippen LogP contribution >= 0.6 is 0 Å². The third-order valence-electron chi connectivity index (χ3n) is 5.44. The Morgan fingerprint density at radius 3 is 2.62 bits per heavy atom. The van der Waals surface area contributed by atoms with E-state index in [1.165, 1.54) is 51.4 Å². The van der Waals surface area contributed by atoms with Gasteiger partial charge in [-0.1, -0.05) is 30.8 Å². The molecule has 2 aliphatic rings. The second-order valence-corrected chi connectivity index (χ2v) is 6.84. The molecule has 5 nitrogen and oxygen atoms in total. The zero-order valence-corrected chi connectivity index (χ0v) is 13.0. The molecule has 2 N–H and O–H groups in total. The Bertz CT molecular complexity index is 445. The molecule has 0 amide bonds. The average Bonchev–Trinajstić information content (AvgIpc) is 2.93. The van der Waals surface area contributed by atoms with Gasteiger partial charge in [0.2, 0.25) is 11.7 Å². The lowest BCUT2D eigenvalue weighted by molar-refractivity contribution is 0.0273. The molecule has 1 atom stereocenters. The largest absolute Gasteiger partial charge is 0.373 e. The first-order chi connectivity index (χ1) is 10.3. The summed E-state index contributed by atoms with van der Waals surface area (Å²) in [5.41, 5.74) is 6.12. The molecule has 118 valence electrons. The van der Waals surface area contributed by atoms with Gasteiger partial charge in [0.1, 0.15) is 6.10 Å². The standard InChI is InChI=1S/C16H27N3O2/c1-20-14(12-6-3-2-4-7-12)15-18-13(21-19-15)10-16(11-17)8-5-9-16/h12,14H,2-11,17H2,1H3. The molecule has 1 aromatic heterocycles. The maximum absolute atomic E-state index is 5.91. The van der Waals surface area contributed by atoms with Crippen LogP contribution in [0.2, 0.25) is 0 Å². The fraction of sp³-hybridized carbons (Fsp3) is 0.875. The Balaban J connectivity index is 1.67. The minimum Gasteiger partial charge on any atom is -0.373 e. The second kappa shape index (κ2) is 6.44. The summed E-state index contributed by atoms with van der Waals surface area (Å²) < 4.78 is 11.2. The van der Waals surface area contributed by atoms with Crippen molar-refractivity contribution in [2.75, 3.05) is 13.7 Å². The summed E-state index contributed by atoms with van der Waals surface area (Å²) in [5, 5.41) is 4.19. The molecular weight excluding hydrogens is 266 g/mol. The van der Waals surface area contributed by atoms with E-state index in [1.807, 2.05) is 0 Å². The van der Waals surface area contributed by atoms with Crippen molar-refractivity contribution < 1.29 is 9.26 Å². The van der Waals surface area contributed by atoms with Crippen LogP contribution in [-0.2, 0) is 11.2 Å². The lowest BCUT2D eigenvalue weighted by atomic mass is 9.67. The van der Waals surface area contributed by atoms with Gasteiger partial charge in [0, 0.05) is 13.5 Å². The normalized spacial score (nSPS) is 23.7. The van der Waals surface area contributed by atoms with Crippen LogP contribution < -0.4 is 5.73 Å². The molecule has 21 heavy (non-hydrogen) atoms. The van der Waals surface area contributed by atoms with E-state index in [9.17, 15) is 0 Å². The van der Waals surface area contributed by atoms with Crippen LogP contribution in [0.4, 0.5) is 0 Å². The van der Waals surface area contributed by atoms with Crippen molar-refractivity contribution in [3.63, 3.8) is 0 Å². The van der Waals surface area contributed by atoms with Gasteiger partial charge in [-0.2, -0.15) is 4.98 Å². The van der Waals surface area contributed by atoms with E-state index in [-0.39, 0.29) is 11.5 Å². The van der Waals surface area contributed by atoms with Gasteiger partial charge in [0.05, 0.1) is 0 Å². The van der Waals surface area contributed by atoms with Crippen molar-refractivity contribution >= 4 is 0 Å². The average molecular weight is 293 g/mol. The third kappa shape index (κ3) is 3.14. The van der Waals surface area contributed by atoms with Crippen molar-refractivity contribution in [3.8, 4) is 0 Å². The molecule has 2 fully saturated rings. The lowest BCUT2D eigenvalue weighted by Gasteiger charge is -2.39. The summed E-state index contributed by atoms with van der Waals surface area (Å²) >= 11 is 0. The summed E-state index contributed by atoms with van der Waals surface area (Å²) in [4.78, 5) is 4.61. The first-order valence-corrected chi connectivity index (χ1v) is 8.32. The maximum atomic E-state index is 5.91. The first-order valence-electron chi connectivity index (χ1n) is 8.32. The van der Waals surface area contributed by atoms with Gasteiger partial charge in [0.25, 0.3) is 0 Å². The Morgan fingerprint density at radius 2 is 2.05 bits per heavy atom. The van der Waals surface area contributed by atoms with Crippen LogP contribution in [0.15, 0.2) is 4.52 Å². The molecule has 1 unspecified atom stereocenters. The lowest BCUT2D eigenvalue weighted by Crippen LogP contribution is -2.39. The molecule has 2 saturated carbocycles. The van der Waals surface area contributed by atoms with E-state index in [1.54, 1.807) is 7.11 Å². The quantitative estimate of drug-likeness (QED) is 0.872. The van der Waals surface area contributed by atoms with Crippen LogP contribution in [0.3, 0.4) is 0 Å². The van der Waals surface area contributed by atoms with Gasteiger partial charge in [-0.25, -0.2) is 0 Å². The number of rotatable bonds is 6. The van der Waals surface area contributed by atoms with Gasteiger partial charge >= 0.3 is 0 Å². The predicted octanol–water partition coefficient (Wildman–Crippen LogP) is 3.01. The first kappa shape index (κ1) is 15.0. The van der Waals surface area contributed by atoms with Crippen molar-refractivity contribution in [1.82, 2.24) is 10.1 Å². The Hall–Kier alpha value is -0.940. The van der Waals surface area contributed by atoms with Crippen molar-refractivity contribution in [2.24, 2.45) is 17.1 Å². The number of nitrogens with zero attached hydrogens (tertiary/aromatic N) is 2. The van der Waals surface area contributed by atoms with Gasteiger partial charge in [-0.05, 0) is 43.6 Å². The molecule has 0 aromatic carbocycles. The number of hydrogen-bond donors (Lipinski definition) is 1. The zero-order valence-electron chi connectivity index (χ0n) is 13.0. The molecular formula is C16H27N3O2. The monoisotopic (exact) mass is 293 g/mol. The van der Waals surface area contributed by atoms with E-state index in [2.05, 4.69) is 10.1 Å². The molecule has 2 aliphatic carbocycles. The van der Waals surface area contributed by atoms with Crippen LogP contribution in [0.5, 0.6) is 0 Å². The van der Waals surface area contributed by atoms with Gasteiger partial charge < -0.3 is 15.0 Å². The molecule has 5 heteroatoms. The Morgan fingerprint density at radius 1 is 1.29 bits per heavy atom. The van der Waals surface area contributed by atoms with Crippen LogP contribution in [0.25, 0.3) is 0 Å². The second-order valence-electron chi connectivity index (χ2n) is 6.84. The molecule has 0 saturated heterocycles. The van der Waals surface area contributed by atoms with Gasteiger partial charge in [-0.15, -0.1) is 0 Å². The Labute approximate surface area is 126 Å². The number of aromatic nitrogens is 2. The highest BCUT2D eigenvalue weighted by atomic mass is 16.5. The summed E-state index contributed by atoms with van der Waals surface area (Å²) in [6, 6.07) is 0. The van der Waals surface area contributed by atoms with E-state index >= 15 is 0 Å². The zero-order chi connectivity index (χ0) is 14.7. The maximum Gasteiger partial charge on any atom is 0.227 e. The topological polar surface area (TPSA) is 74.2 Å². The number of nitrogens with two attached hydrogens (primary N) is 1. The highest BCUT2D eigenvalue weighted by Gasteiger charge is 2.38. The third-order valence-corrected chi connectivity index (χ3v) is 5.44. The highest BCUT2D eigenvalue weighted by Crippen LogP contribution is 2.42. The molecule has 1 aromatic rings.